The highest BCUT2D eigenvalue weighted by Crippen LogP contribution is 2.14. The Morgan fingerprint density at radius 1 is 1.47 bits per heavy atom. The molecular formula is C15H28N2O2. The third-order valence-corrected chi connectivity index (χ3v) is 3.04. The first kappa shape index (κ1) is 17.6. The van der Waals surface area contributed by atoms with E-state index < -0.39 is 11.7 Å². The summed E-state index contributed by atoms with van der Waals surface area (Å²) in [5.41, 5.74) is -0.440. The van der Waals surface area contributed by atoms with Gasteiger partial charge in [-0.3, -0.25) is 5.32 Å². The van der Waals surface area contributed by atoms with Crippen LogP contribution in [0, 0.1) is 0 Å². The number of allylic oxidation sites excluding steroid dienone is 2. The summed E-state index contributed by atoms with van der Waals surface area (Å²) in [5.74, 6) is 0.765. The zero-order chi connectivity index (χ0) is 14.9. The quantitative estimate of drug-likeness (QED) is 0.539. The summed E-state index contributed by atoms with van der Waals surface area (Å²) in [4.78, 5) is 13.8. The number of carbonyl (C=O) groups excluding carboxylic acids is 1. The number of carbonyl (C=O) groups is 1. The lowest BCUT2D eigenvalue weighted by atomic mass is 10.1. The molecule has 0 aliphatic carbocycles. The predicted molar refractivity (Wildman–Crippen MR) is 79.8 cm³/mol. The van der Waals surface area contributed by atoms with Crippen LogP contribution in [0.15, 0.2) is 24.6 Å². The monoisotopic (exact) mass is 268 g/mol. The Kier molecular flexibility index (Phi) is 7.96. The highest BCUT2D eigenvalue weighted by molar-refractivity contribution is 5.69. The summed E-state index contributed by atoms with van der Waals surface area (Å²) < 4.78 is 5.36. The molecule has 0 aromatic carbocycles. The fourth-order valence-corrected chi connectivity index (χ4v) is 1.43. The second kappa shape index (κ2) is 8.62. The maximum atomic E-state index is 11.8. The van der Waals surface area contributed by atoms with Crippen LogP contribution in [-0.4, -0.2) is 30.2 Å². The summed E-state index contributed by atoms with van der Waals surface area (Å²) in [5, 5.41) is 2.78. The number of nitrogens with one attached hydrogen (secondary N) is 1. The van der Waals surface area contributed by atoms with Crippen molar-refractivity contribution < 1.29 is 9.53 Å². The first-order chi connectivity index (χ1) is 8.86. The second-order valence-corrected chi connectivity index (χ2v) is 5.15. The van der Waals surface area contributed by atoms with Gasteiger partial charge in [0, 0.05) is 13.6 Å². The van der Waals surface area contributed by atoms with Gasteiger partial charge < -0.3 is 9.64 Å². The van der Waals surface area contributed by atoms with Crippen molar-refractivity contribution in [2.45, 2.75) is 52.6 Å². The molecule has 1 amide bonds. The maximum Gasteiger partial charge on any atom is 0.413 e. The van der Waals surface area contributed by atoms with Crippen molar-refractivity contribution in [3.8, 4) is 0 Å². The Morgan fingerprint density at radius 2 is 2.11 bits per heavy atom. The Hall–Kier alpha value is -1.45. The van der Waals surface area contributed by atoms with E-state index in [0.717, 1.165) is 31.6 Å². The SMILES string of the molecule is C=CCCCN(C)/C(=C/C)NC(=O)OC(C)(C)CC. The van der Waals surface area contributed by atoms with E-state index >= 15 is 0 Å². The van der Waals surface area contributed by atoms with Crippen LogP contribution in [0.4, 0.5) is 4.79 Å². The van der Waals surface area contributed by atoms with E-state index in [4.69, 9.17) is 4.74 Å². The summed E-state index contributed by atoms with van der Waals surface area (Å²) >= 11 is 0. The molecule has 0 aromatic heterocycles. The number of alkyl carbamates (subject to hydrolysis) is 1. The van der Waals surface area contributed by atoms with Crippen molar-refractivity contribution in [1.29, 1.82) is 0 Å². The Morgan fingerprint density at radius 3 is 2.58 bits per heavy atom. The smallest absolute Gasteiger partial charge is 0.413 e. The van der Waals surface area contributed by atoms with Gasteiger partial charge >= 0.3 is 6.09 Å². The molecule has 0 aliphatic heterocycles. The number of hydrogen-bond acceptors (Lipinski definition) is 3. The Bertz CT molecular complexity index is 322. The fourth-order valence-electron chi connectivity index (χ4n) is 1.43. The molecule has 0 fully saturated rings. The normalized spacial score (nSPS) is 11.9. The molecule has 0 saturated carbocycles. The molecule has 1 N–H and O–H groups in total. The van der Waals surface area contributed by atoms with Gasteiger partial charge in [-0.2, -0.15) is 0 Å². The largest absolute Gasteiger partial charge is 0.443 e. The standard InChI is InChI=1S/C15H28N2O2/c1-7-10-11-12-17(6)13(8-2)16-14(18)19-15(4,5)9-3/h7-8H,1,9-12H2,2-6H3,(H,16,18)/b13-8+. The molecular weight excluding hydrogens is 240 g/mol. The van der Waals surface area contributed by atoms with Gasteiger partial charge in [0.1, 0.15) is 11.4 Å². The molecule has 19 heavy (non-hydrogen) atoms. The molecule has 4 heteroatoms. The number of rotatable bonds is 8. The number of hydrogen-bond donors (Lipinski definition) is 1. The van der Waals surface area contributed by atoms with Crippen molar-refractivity contribution >= 4 is 6.09 Å². The van der Waals surface area contributed by atoms with Gasteiger partial charge in [-0.1, -0.05) is 13.0 Å². The van der Waals surface area contributed by atoms with Gasteiger partial charge in [0.05, 0.1) is 0 Å². The number of amides is 1. The van der Waals surface area contributed by atoms with Gasteiger partial charge in [-0.25, -0.2) is 4.79 Å². The number of nitrogens with zero attached hydrogens (tertiary/aromatic N) is 1. The van der Waals surface area contributed by atoms with Gasteiger partial charge in [0.25, 0.3) is 0 Å². The van der Waals surface area contributed by atoms with Crippen LogP contribution in [0.25, 0.3) is 0 Å². The van der Waals surface area contributed by atoms with Crippen LogP contribution >= 0.6 is 0 Å². The molecule has 0 atom stereocenters. The molecule has 0 aromatic rings. The van der Waals surface area contributed by atoms with Gasteiger partial charge in [0.2, 0.25) is 0 Å². The lowest BCUT2D eigenvalue weighted by Gasteiger charge is -2.26. The average molecular weight is 268 g/mol. The minimum Gasteiger partial charge on any atom is -0.443 e. The summed E-state index contributed by atoms with van der Waals surface area (Å²) in [7, 11) is 1.95. The van der Waals surface area contributed by atoms with E-state index in [9.17, 15) is 4.79 Å². The number of unbranched alkanes of at least 4 members (excludes halogenated alkanes) is 1. The zero-order valence-electron chi connectivity index (χ0n) is 13.0. The highest BCUT2D eigenvalue weighted by Gasteiger charge is 2.21. The minimum absolute atomic E-state index is 0.407. The summed E-state index contributed by atoms with van der Waals surface area (Å²) in [6.45, 7) is 12.2. The molecule has 110 valence electrons. The summed E-state index contributed by atoms with van der Waals surface area (Å²) in [6, 6.07) is 0. The molecule has 0 radical (unpaired) electrons. The number of ether oxygens (including phenoxy) is 1. The van der Waals surface area contributed by atoms with Crippen LogP contribution in [0.3, 0.4) is 0 Å². The maximum absolute atomic E-state index is 11.8. The van der Waals surface area contributed by atoms with Crippen molar-refractivity contribution in [2.24, 2.45) is 0 Å². The molecule has 0 saturated heterocycles. The second-order valence-electron chi connectivity index (χ2n) is 5.15. The third kappa shape index (κ3) is 7.54. The molecule has 4 nitrogen and oxygen atoms in total. The van der Waals surface area contributed by atoms with E-state index in [-0.39, 0.29) is 0 Å². The Labute approximate surface area is 117 Å². The van der Waals surface area contributed by atoms with Gasteiger partial charge in [-0.15, -0.1) is 6.58 Å². The minimum atomic E-state index is -0.440. The third-order valence-electron chi connectivity index (χ3n) is 3.04. The molecule has 0 spiro atoms. The van der Waals surface area contributed by atoms with E-state index in [1.807, 2.05) is 51.8 Å². The van der Waals surface area contributed by atoms with E-state index in [1.165, 1.54) is 0 Å². The van der Waals surface area contributed by atoms with E-state index in [0.29, 0.717) is 0 Å². The van der Waals surface area contributed by atoms with Crippen LogP contribution in [0.2, 0.25) is 0 Å². The highest BCUT2D eigenvalue weighted by atomic mass is 16.6. The lowest BCUT2D eigenvalue weighted by Crippen LogP contribution is -2.38. The molecule has 0 rings (SSSR count). The van der Waals surface area contributed by atoms with E-state index in [1.54, 1.807) is 0 Å². The first-order valence-corrected chi connectivity index (χ1v) is 6.84. The molecule has 0 bridgehead atoms. The summed E-state index contributed by atoms with van der Waals surface area (Å²) in [6.07, 6.45) is 6.11. The van der Waals surface area contributed by atoms with Gasteiger partial charge in [-0.05, 0) is 46.1 Å². The van der Waals surface area contributed by atoms with Gasteiger partial charge in [0.15, 0.2) is 0 Å². The van der Waals surface area contributed by atoms with E-state index in [2.05, 4.69) is 11.9 Å². The van der Waals surface area contributed by atoms with Crippen LogP contribution in [0.5, 0.6) is 0 Å². The predicted octanol–water partition coefficient (Wildman–Crippen LogP) is 3.66. The molecule has 0 unspecified atom stereocenters. The van der Waals surface area contributed by atoms with Crippen molar-refractivity contribution in [1.82, 2.24) is 10.2 Å². The molecule has 0 heterocycles. The first-order valence-electron chi connectivity index (χ1n) is 6.84. The zero-order valence-corrected chi connectivity index (χ0v) is 13.0. The fraction of sp³-hybridized carbons (Fsp3) is 0.667. The van der Waals surface area contributed by atoms with Crippen LogP contribution in [0.1, 0.15) is 47.0 Å². The topological polar surface area (TPSA) is 41.6 Å². The molecule has 0 aliphatic rings. The van der Waals surface area contributed by atoms with Crippen LogP contribution < -0.4 is 5.32 Å². The van der Waals surface area contributed by atoms with Crippen LogP contribution in [-0.2, 0) is 4.74 Å². The van der Waals surface area contributed by atoms with Crippen molar-refractivity contribution in [2.75, 3.05) is 13.6 Å². The Balaban J connectivity index is 4.33. The lowest BCUT2D eigenvalue weighted by molar-refractivity contribution is 0.0366. The van der Waals surface area contributed by atoms with Crippen molar-refractivity contribution in [3.05, 3.63) is 24.6 Å². The average Bonchev–Trinajstić information content (AvgIpc) is 2.35. The van der Waals surface area contributed by atoms with Crippen molar-refractivity contribution in [3.63, 3.8) is 0 Å².